The largest absolute Gasteiger partial charge is 0.492 e. The smallest absolute Gasteiger partial charge is 0.441 e. The molecular weight excluding hydrogens is 283 g/mol. The van der Waals surface area contributed by atoms with Crippen molar-refractivity contribution in [3.05, 3.63) is 23.8 Å². The monoisotopic (exact) mass is 295 g/mol. The average Bonchev–Trinajstić information content (AvgIpc) is 2.33. The summed E-state index contributed by atoms with van der Waals surface area (Å²) in [5, 5.41) is 0. The number of esters is 1. The molecule has 106 valence electrons. The topological polar surface area (TPSA) is 61.5 Å². The fourth-order valence-electron chi connectivity index (χ4n) is 1.25. The molecule has 4 nitrogen and oxygen atoms in total. The number of rotatable bonds is 5. The molecule has 0 bridgehead atoms. The number of methoxy groups -OCH3 is 1. The van der Waals surface area contributed by atoms with Crippen molar-refractivity contribution in [1.29, 1.82) is 0 Å². The van der Waals surface area contributed by atoms with Gasteiger partial charge in [0.15, 0.2) is 0 Å². The van der Waals surface area contributed by atoms with Gasteiger partial charge in [0.25, 0.3) is 0 Å². The first-order chi connectivity index (χ1) is 8.83. The van der Waals surface area contributed by atoms with Gasteiger partial charge in [-0.15, -0.1) is 0 Å². The average molecular weight is 295 g/mol. The van der Waals surface area contributed by atoms with E-state index in [0.29, 0.717) is 5.69 Å². The Labute approximate surface area is 112 Å². The van der Waals surface area contributed by atoms with Crippen molar-refractivity contribution < 1.29 is 27.4 Å². The molecule has 0 heterocycles. The molecule has 1 aromatic rings. The summed E-state index contributed by atoms with van der Waals surface area (Å²) in [5.74, 6) is -0.788. The van der Waals surface area contributed by atoms with Crippen LogP contribution in [0.3, 0.4) is 0 Å². The Morgan fingerprint density at radius 3 is 2.68 bits per heavy atom. The molecule has 0 aliphatic carbocycles. The molecule has 0 fully saturated rings. The van der Waals surface area contributed by atoms with Gasteiger partial charge in [-0.3, -0.25) is 0 Å². The lowest BCUT2D eigenvalue weighted by atomic mass is 10.2. The minimum absolute atomic E-state index is 0.0829. The van der Waals surface area contributed by atoms with Crippen LogP contribution >= 0.6 is 11.8 Å². The van der Waals surface area contributed by atoms with Gasteiger partial charge in [0.05, 0.1) is 13.7 Å². The number of ether oxygens (including phenoxy) is 2. The predicted molar refractivity (Wildman–Crippen MR) is 66.2 cm³/mol. The molecule has 2 N–H and O–H groups in total. The van der Waals surface area contributed by atoms with E-state index in [-0.39, 0.29) is 35.4 Å². The SMILES string of the molecule is COC(=O)c1cc(N)ccc1OCCSC(F)(F)F. The number of benzene rings is 1. The van der Waals surface area contributed by atoms with Gasteiger partial charge in [0.1, 0.15) is 11.3 Å². The number of alkyl halides is 3. The molecule has 0 saturated carbocycles. The zero-order valence-corrected chi connectivity index (χ0v) is 10.8. The van der Waals surface area contributed by atoms with Crippen molar-refractivity contribution >= 4 is 23.4 Å². The molecule has 19 heavy (non-hydrogen) atoms. The fraction of sp³-hybridized carbons (Fsp3) is 0.364. The lowest BCUT2D eigenvalue weighted by Gasteiger charge is -2.11. The van der Waals surface area contributed by atoms with Gasteiger partial charge in [-0.05, 0) is 30.0 Å². The van der Waals surface area contributed by atoms with Crippen molar-refractivity contribution in [2.75, 3.05) is 25.2 Å². The molecule has 0 saturated heterocycles. The molecule has 0 spiro atoms. The van der Waals surface area contributed by atoms with Crippen molar-refractivity contribution in [2.45, 2.75) is 5.51 Å². The lowest BCUT2D eigenvalue weighted by Crippen LogP contribution is -2.10. The fourth-order valence-corrected chi connectivity index (χ4v) is 1.65. The number of halogens is 3. The van der Waals surface area contributed by atoms with Crippen molar-refractivity contribution in [1.82, 2.24) is 0 Å². The van der Waals surface area contributed by atoms with Crippen molar-refractivity contribution in [2.24, 2.45) is 0 Å². The van der Waals surface area contributed by atoms with E-state index in [1.165, 1.54) is 25.3 Å². The minimum atomic E-state index is -4.30. The molecule has 1 rings (SSSR count). The zero-order valence-electron chi connectivity index (χ0n) is 9.99. The summed E-state index contributed by atoms with van der Waals surface area (Å²) in [6, 6.07) is 4.25. The highest BCUT2D eigenvalue weighted by Gasteiger charge is 2.27. The van der Waals surface area contributed by atoms with Gasteiger partial charge >= 0.3 is 11.5 Å². The minimum Gasteiger partial charge on any atom is -0.492 e. The van der Waals surface area contributed by atoms with E-state index >= 15 is 0 Å². The van der Waals surface area contributed by atoms with Crippen LogP contribution in [0.25, 0.3) is 0 Å². The van der Waals surface area contributed by atoms with Crippen LogP contribution in [-0.4, -0.2) is 30.9 Å². The Hall–Kier alpha value is -1.57. The maximum Gasteiger partial charge on any atom is 0.441 e. The number of hydrogen-bond acceptors (Lipinski definition) is 5. The quantitative estimate of drug-likeness (QED) is 0.514. The number of thioether (sulfide) groups is 1. The maximum atomic E-state index is 11.9. The second-order valence-corrected chi connectivity index (χ2v) is 4.55. The van der Waals surface area contributed by atoms with E-state index in [1.54, 1.807) is 0 Å². The van der Waals surface area contributed by atoms with Gasteiger partial charge in [0, 0.05) is 11.4 Å². The van der Waals surface area contributed by atoms with Gasteiger partial charge in [-0.25, -0.2) is 4.79 Å². The molecule has 1 aromatic carbocycles. The Bertz CT molecular complexity index is 451. The molecular formula is C11H12F3NO3S. The first-order valence-corrected chi connectivity index (χ1v) is 6.13. The highest BCUT2D eigenvalue weighted by molar-refractivity contribution is 8.00. The molecule has 0 aliphatic heterocycles. The summed E-state index contributed by atoms with van der Waals surface area (Å²) in [6.45, 7) is -0.182. The summed E-state index contributed by atoms with van der Waals surface area (Å²) in [4.78, 5) is 11.4. The molecule has 0 radical (unpaired) electrons. The standard InChI is InChI=1S/C11H12F3NO3S/c1-17-10(16)8-6-7(15)2-3-9(8)18-4-5-19-11(12,13)14/h2-3,6H,4-5,15H2,1H3. The molecule has 0 atom stereocenters. The van der Waals surface area contributed by atoms with Gasteiger partial charge in [-0.1, -0.05) is 0 Å². The van der Waals surface area contributed by atoms with Crippen LogP contribution in [0.4, 0.5) is 18.9 Å². The summed E-state index contributed by atoms with van der Waals surface area (Å²) >= 11 is -0.190. The molecule has 0 amide bonds. The van der Waals surface area contributed by atoms with Crippen molar-refractivity contribution in [3.63, 3.8) is 0 Å². The molecule has 8 heteroatoms. The first-order valence-electron chi connectivity index (χ1n) is 5.15. The van der Waals surface area contributed by atoms with Crippen LogP contribution in [0, 0.1) is 0 Å². The van der Waals surface area contributed by atoms with E-state index < -0.39 is 11.5 Å². The second kappa shape index (κ2) is 6.55. The zero-order chi connectivity index (χ0) is 14.5. The van der Waals surface area contributed by atoms with Gasteiger partial charge in [0.2, 0.25) is 0 Å². The number of nitrogens with two attached hydrogens (primary N) is 1. The van der Waals surface area contributed by atoms with Crippen LogP contribution < -0.4 is 10.5 Å². The normalized spacial score (nSPS) is 11.2. The van der Waals surface area contributed by atoms with Crippen LogP contribution in [0.15, 0.2) is 18.2 Å². The highest BCUT2D eigenvalue weighted by Crippen LogP contribution is 2.30. The number of hydrogen-bond donors (Lipinski definition) is 1. The number of carbonyl (C=O) groups is 1. The highest BCUT2D eigenvalue weighted by atomic mass is 32.2. The Kier molecular flexibility index (Phi) is 5.34. The van der Waals surface area contributed by atoms with Crippen LogP contribution in [0.1, 0.15) is 10.4 Å². The Morgan fingerprint density at radius 1 is 1.42 bits per heavy atom. The van der Waals surface area contributed by atoms with E-state index in [4.69, 9.17) is 10.5 Å². The third-order valence-electron chi connectivity index (χ3n) is 2.02. The summed E-state index contributed by atoms with van der Waals surface area (Å²) < 4.78 is 45.4. The third kappa shape index (κ3) is 5.29. The number of nitrogen functional groups attached to an aromatic ring is 1. The van der Waals surface area contributed by atoms with Crippen LogP contribution in [-0.2, 0) is 4.74 Å². The summed E-state index contributed by atoms with van der Waals surface area (Å²) in [7, 11) is 1.19. The van der Waals surface area contributed by atoms with Crippen molar-refractivity contribution in [3.8, 4) is 5.75 Å². The first kappa shape index (κ1) is 15.5. The molecule has 0 unspecified atom stereocenters. The molecule has 0 aliphatic rings. The number of anilines is 1. The molecule has 0 aromatic heterocycles. The predicted octanol–water partition coefficient (Wildman–Crippen LogP) is 2.69. The van der Waals surface area contributed by atoms with Gasteiger partial charge < -0.3 is 15.2 Å². The van der Waals surface area contributed by atoms with Crippen LogP contribution in [0.5, 0.6) is 5.75 Å². The van der Waals surface area contributed by atoms with E-state index in [1.807, 2.05) is 0 Å². The summed E-state index contributed by atoms with van der Waals surface area (Å²) in [6.07, 6.45) is 0. The Balaban J connectivity index is 2.65. The number of carbonyl (C=O) groups excluding carboxylic acids is 1. The van der Waals surface area contributed by atoms with E-state index in [9.17, 15) is 18.0 Å². The second-order valence-electron chi connectivity index (χ2n) is 3.39. The van der Waals surface area contributed by atoms with E-state index in [0.717, 1.165) is 0 Å². The Morgan fingerprint density at radius 2 is 2.11 bits per heavy atom. The van der Waals surface area contributed by atoms with Crippen LogP contribution in [0.2, 0.25) is 0 Å². The summed E-state index contributed by atoms with van der Waals surface area (Å²) in [5.41, 5.74) is 1.63. The lowest BCUT2D eigenvalue weighted by molar-refractivity contribution is -0.0329. The third-order valence-corrected chi connectivity index (χ3v) is 2.71. The maximum absolute atomic E-state index is 11.9. The van der Waals surface area contributed by atoms with E-state index in [2.05, 4.69) is 4.74 Å². The van der Waals surface area contributed by atoms with Gasteiger partial charge in [-0.2, -0.15) is 13.2 Å².